The number of nitrogens with two attached hydrogens (primary N) is 1. The molecule has 0 aliphatic heterocycles. The number of nitrogens with one attached hydrogen (secondary N) is 1. The Labute approximate surface area is 225 Å². The molecule has 1 rings (SSSR count). The van der Waals surface area contributed by atoms with Gasteiger partial charge in [0.15, 0.2) is 0 Å². The first-order valence-electron chi connectivity index (χ1n) is 14.3. The molecule has 0 amide bonds. The highest BCUT2D eigenvalue weighted by Gasteiger charge is 2.28. The fourth-order valence-corrected chi connectivity index (χ4v) is 4.67. The lowest BCUT2D eigenvalue weighted by Gasteiger charge is -2.29. The molecule has 3 atom stereocenters. The Morgan fingerprint density at radius 3 is 2.41 bits per heavy atom. The van der Waals surface area contributed by atoms with Gasteiger partial charge in [-0.15, -0.1) is 6.42 Å². The number of hydrogen-bond donors (Lipinski definition) is 5. The van der Waals surface area contributed by atoms with E-state index in [0.717, 1.165) is 108 Å². The van der Waals surface area contributed by atoms with Gasteiger partial charge in [0, 0.05) is 24.5 Å². The van der Waals surface area contributed by atoms with Crippen LogP contribution in [0.15, 0.2) is 36.0 Å². The van der Waals surface area contributed by atoms with Crippen LogP contribution in [-0.2, 0) is 9.47 Å². The van der Waals surface area contributed by atoms with Crippen LogP contribution in [0.25, 0.3) is 0 Å². The zero-order chi connectivity index (χ0) is 27.1. The van der Waals surface area contributed by atoms with E-state index in [1.807, 2.05) is 6.08 Å². The van der Waals surface area contributed by atoms with E-state index in [0.29, 0.717) is 18.7 Å². The Balaban J connectivity index is 2.29. The topological polar surface area (TPSA) is 117 Å². The van der Waals surface area contributed by atoms with Crippen LogP contribution in [0, 0.1) is 18.3 Å². The number of rotatable bonds is 24. The van der Waals surface area contributed by atoms with Gasteiger partial charge < -0.3 is 30.5 Å². The molecule has 3 unspecified atom stereocenters. The van der Waals surface area contributed by atoms with Crippen molar-refractivity contribution in [3.05, 3.63) is 36.0 Å². The van der Waals surface area contributed by atoms with Crippen LogP contribution in [0.3, 0.4) is 0 Å². The standard InChI is InChI=1S/C30H52N2O5/c1-3-22-37-29-24-25(23-28(36-4-2)26(29)16-15-19-31)27(34)17-11-7-5-6-8-12-18-30(35)32-20-13-9-10-14-21-33/h1,4,24-25,27,30,32-35H,2,5-23,31H2. The molecule has 0 aromatic heterocycles. The second kappa shape index (κ2) is 22.2. The second-order valence-corrected chi connectivity index (χ2v) is 9.84. The molecule has 0 heterocycles. The lowest BCUT2D eigenvalue weighted by Crippen LogP contribution is -2.29. The fourth-order valence-electron chi connectivity index (χ4n) is 4.67. The van der Waals surface area contributed by atoms with E-state index in [2.05, 4.69) is 17.8 Å². The van der Waals surface area contributed by atoms with E-state index >= 15 is 0 Å². The molecule has 0 saturated carbocycles. The molecule has 0 saturated heterocycles. The summed E-state index contributed by atoms with van der Waals surface area (Å²) in [6, 6.07) is 0. The van der Waals surface area contributed by atoms with Crippen molar-refractivity contribution in [1.29, 1.82) is 0 Å². The van der Waals surface area contributed by atoms with Crippen molar-refractivity contribution in [2.24, 2.45) is 11.7 Å². The molecule has 0 radical (unpaired) electrons. The predicted octanol–water partition coefficient (Wildman–Crippen LogP) is 4.64. The maximum atomic E-state index is 10.9. The number of ether oxygens (including phenoxy) is 2. The minimum absolute atomic E-state index is 0.0898. The Bertz CT molecular complexity index is 701. The monoisotopic (exact) mass is 520 g/mol. The average Bonchev–Trinajstić information content (AvgIpc) is 2.90. The summed E-state index contributed by atoms with van der Waals surface area (Å²) in [6.45, 7) is 5.52. The van der Waals surface area contributed by atoms with E-state index in [-0.39, 0.29) is 19.1 Å². The van der Waals surface area contributed by atoms with Gasteiger partial charge in [0.05, 0.1) is 12.4 Å². The maximum absolute atomic E-state index is 10.9. The van der Waals surface area contributed by atoms with Gasteiger partial charge in [0.25, 0.3) is 0 Å². The first kappa shape index (κ1) is 33.2. The minimum Gasteiger partial charge on any atom is -0.481 e. The first-order chi connectivity index (χ1) is 18.1. The molecule has 7 nitrogen and oxygen atoms in total. The normalized spacial score (nSPS) is 17.2. The predicted molar refractivity (Wildman–Crippen MR) is 150 cm³/mol. The van der Waals surface area contributed by atoms with Gasteiger partial charge in [-0.2, -0.15) is 0 Å². The third-order valence-electron chi connectivity index (χ3n) is 6.77. The van der Waals surface area contributed by atoms with Crippen molar-refractivity contribution < 1.29 is 24.8 Å². The lowest BCUT2D eigenvalue weighted by molar-refractivity contribution is 0.103. The Morgan fingerprint density at radius 1 is 1.05 bits per heavy atom. The number of aliphatic hydroxyl groups is 3. The summed E-state index contributed by atoms with van der Waals surface area (Å²) in [4.78, 5) is 0. The minimum atomic E-state index is -0.478. The molecule has 0 spiro atoms. The summed E-state index contributed by atoms with van der Waals surface area (Å²) in [5.41, 5.74) is 6.66. The zero-order valence-electron chi connectivity index (χ0n) is 22.8. The molecule has 6 N–H and O–H groups in total. The summed E-state index contributed by atoms with van der Waals surface area (Å²) in [5, 5.41) is 32.9. The Kier molecular flexibility index (Phi) is 19.9. The molecule has 0 aromatic rings. The highest BCUT2D eigenvalue weighted by molar-refractivity contribution is 5.34. The molecule has 37 heavy (non-hydrogen) atoms. The van der Waals surface area contributed by atoms with Crippen LogP contribution in [0.5, 0.6) is 0 Å². The molecule has 0 fully saturated rings. The number of hydrogen-bond acceptors (Lipinski definition) is 7. The molecule has 0 bridgehead atoms. The van der Waals surface area contributed by atoms with Crippen molar-refractivity contribution in [3.8, 4) is 12.3 Å². The summed E-state index contributed by atoms with van der Waals surface area (Å²) in [7, 11) is 0. The van der Waals surface area contributed by atoms with E-state index in [1.165, 1.54) is 6.26 Å². The summed E-state index contributed by atoms with van der Waals surface area (Å²) in [6.07, 6.45) is 22.0. The van der Waals surface area contributed by atoms with Crippen LogP contribution in [0.2, 0.25) is 0 Å². The molecular formula is C30H52N2O5. The summed E-state index contributed by atoms with van der Waals surface area (Å²) in [5.74, 6) is 3.89. The highest BCUT2D eigenvalue weighted by Crippen LogP contribution is 2.35. The van der Waals surface area contributed by atoms with Crippen LogP contribution < -0.4 is 11.1 Å². The van der Waals surface area contributed by atoms with E-state index in [1.54, 1.807) is 0 Å². The van der Waals surface area contributed by atoms with Gasteiger partial charge in [-0.3, -0.25) is 5.32 Å². The van der Waals surface area contributed by atoms with Crippen LogP contribution in [0.4, 0.5) is 0 Å². The van der Waals surface area contributed by atoms with Crippen molar-refractivity contribution in [2.45, 2.75) is 109 Å². The largest absolute Gasteiger partial charge is 0.481 e. The third kappa shape index (κ3) is 15.2. The van der Waals surface area contributed by atoms with Crippen molar-refractivity contribution in [2.75, 3.05) is 26.3 Å². The van der Waals surface area contributed by atoms with Gasteiger partial charge in [-0.05, 0) is 64.1 Å². The van der Waals surface area contributed by atoms with Crippen molar-refractivity contribution >= 4 is 0 Å². The third-order valence-corrected chi connectivity index (χ3v) is 6.77. The number of unbranched alkanes of at least 4 members (excludes halogenated alkanes) is 8. The van der Waals surface area contributed by atoms with E-state index in [4.69, 9.17) is 26.7 Å². The summed E-state index contributed by atoms with van der Waals surface area (Å²) < 4.78 is 11.5. The molecule has 0 aromatic carbocycles. The fraction of sp³-hybridized carbons (Fsp3) is 0.733. The Morgan fingerprint density at radius 2 is 1.73 bits per heavy atom. The number of allylic oxidation sites excluding steroid dienone is 2. The number of terminal acetylenes is 1. The van der Waals surface area contributed by atoms with Gasteiger partial charge in [-0.1, -0.05) is 57.4 Å². The van der Waals surface area contributed by atoms with Gasteiger partial charge in [-0.25, -0.2) is 0 Å². The van der Waals surface area contributed by atoms with E-state index in [9.17, 15) is 10.2 Å². The molecule has 7 heteroatoms. The summed E-state index contributed by atoms with van der Waals surface area (Å²) >= 11 is 0. The van der Waals surface area contributed by atoms with E-state index < -0.39 is 12.3 Å². The van der Waals surface area contributed by atoms with Crippen LogP contribution >= 0.6 is 0 Å². The van der Waals surface area contributed by atoms with Crippen LogP contribution in [-0.4, -0.2) is 54.0 Å². The Hall–Kier alpha value is -1.82. The first-order valence-corrected chi connectivity index (χ1v) is 14.3. The van der Waals surface area contributed by atoms with Crippen LogP contribution in [0.1, 0.15) is 96.3 Å². The maximum Gasteiger partial charge on any atom is 0.148 e. The smallest absolute Gasteiger partial charge is 0.148 e. The van der Waals surface area contributed by atoms with Gasteiger partial charge >= 0.3 is 0 Å². The highest BCUT2D eigenvalue weighted by atomic mass is 16.5. The van der Waals surface area contributed by atoms with Crippen molar-refractivity contribution in [1.82, 2.24) is 5.32 Å². The second-order valence-electron chi connectivity index (χ2n) is 9.84. The average molecular weight is 521 g/mol. The molecule has 212 valence electrons. The van der Waals surface area contributed by atoms with Gasteiger partial charge in [0.1, 0.15) is 24.4 Å². The lowest BCUT2D eigenvalue weighted by atomic mass is 9.86. The number of aliphatic hydroxyl groups excluding tert-OH is 3. The quantitative estimate of drug-likeness (QED) is 0.0545. The molecule has 1 aliphatic carbocycles. The molecular weight excluding hydrogens is 468 g/mol. The molecule has 1 aliphatic rings. The SMILES string of the molecule is C#CCOC1=CC(C(O)CCCCCCCCC(O)NCCCCCCO)CC(OC=C)=C1CCCN. The van der Waals surface area contributed by atoms with Gasteiger partial charge in [0.2, 0.25) is 0 Å². The zero-order valence-corrected chi connectivity index (χ0v) is 22.8. The van der Waals surface area contributed by atoms with Crippen molar-refractivity contribution in [3.63, 3.8) is 0 Å².